The predicted octanol–water partition coefficient (Wildman–Crippen LogP) is 2.71. The van der Waals surface area contributed by atoms with Crippen molar-refractivity contribution in [3.63, 3.8) is 0 Å². The van der Waals surface area contributed by atoms with Crippen LogP contribution < -0.4 is 21.0 Å². The van der Waals surface area contributed by atoms with E-state index in [1.807, 2.05) is 33.1 Å². The number of halogens is 1. The first-order chi connectivity index (χ1) is 17.2. The van der Waals surface area contributed by atoms with E-state index in [2.05, 4.69) is 36.6 Å². The van der Waals surface area contributed by atoms with Crippen molar-refractivity contribution in [3.05, 3.63) is 64.6 Å². The Morgan fingerprint density at radius 3 is 2.78 bits per heavy atom. The van der Waals surface area contributed by atoms with Gasteiger partial charge in [-0.3, -0.25) is 14.8 Å². The maximum absolute atomic E-state index is 14.4. The molecule has 0 radical (unpaired) electrons. The summed E-state index contributed by atoms with van der Waals surface area (Å²) < 4.78 is 14.4. The number of amidine groups is 1. The lowest BCUT2D eigenvalue weighted by Crippen LogP contribution is -2.34. The molecule has 4 heterocycles. The zero-order valence-electron chi connectivity index (χ0n) is 21.0. The van der Waals surface area contributed by atoms with Crippen molar-refractivity contribution in [1.29, 1.82) is 0 Å². The highest BCUT2D eigenvalue weighted by atomic mass is 19.1. The number of hydrogen-bond donors (Lipinski definition) is 2. The van der Waals surface area contributed by atoms with Crippen LogP contribution in [0.5, 0.6) is 0 Å². The zero-order valence-corrected chi connectivity index (χ0v) is 21.0. The highest BCUT2D eigenvalue weighted by Gasteiger charge is 2.32. The molecular weight excluding hydrogens is 456 g/mol. The molecule has 2 N–H and O–H groups in total. The zero-order chi connectivity index (χ0) is 25.6. The summed E-state index contributed by atoms with van der Waals surface area (Å²) in [6, 6.07) is 6.92. The van der Waals surface area contributed by atoms with E-state index < -0.39 is 11.6 Å². The second-order valence-corrected chi connectivity index (χ2v) is 9.42. The number of carbonyl (C=O) groups excluding carboxylic acids is 1. The number of amides is 1. The van der Waals surface area contributed by atoms with Crippen LogP contribution in [0.4, 0.5) is 21.8 Å². The number of nitrogens with zero attached hydrogens (tertiary/aromatic N) is 5. The van der Waals surface area contributed by atoms with Crippen molar-refractivity contribution in [2.45, 2.75) is 26.4 Å². The first-order valence-corrected chi connectivity index (χ1v) is 11.8. The van der Waals surface area contributed by atoms with Crippen LogP contribution in [0, 0.1) is 6.92 Å². The maximum Gasteiger partial charge on any atom is 0.274 e. The van der Waals surface area contributed by atoms with E-state index in [4.69, 9.17) is 4.99 Å². The molecular formula is C26H27BFN7O. The van der Waals surface area contributed by atoms with Gasteiger partial charge in [0.05, 0.1) is 6.54 Å². The standard InChI is InChI=1S/C26H27BFN7O/c1-14-5-6-18(33-24(36)19-12-16(7-8-30-19)26(2,3)28)21(27)20(14)17-11-15-13-32-25(29-4)34-22(15)35-10-9-31-23(17)35/h5-8,11-13H,9-10,27H2,1-4H3,(H,33,36)(H,29,32,34). The molecule has 0 saturated heterocycles. The van der Waals surface area contributed by atoms with Crippen molar-refractivity contribution in [2.24, 2.45) is 4.99 Å². The van der Waals surface area contributed by atoms with Crippen LogP contribution in [0.2, 0.25) is 0 Å². The van der Waals surface area contributed by atoms with Gasteiger partial charge in [-0.15, -0.1) is 0 Å². The fourth-order valence-electron chi connectivity index (χ4n) is 4.62. The Labute approximate surface area is 210 Å². The van der Waals surface area contributed by atoms with Gasteiger partial charge in [0.25, 0.3) is 5.91 Å². The van der Waals surface area contributed by atoms with Gasteiger partial charge in [-0.2, -0.15) is 4.98 Å². The lowest BCUT2D eigenvalue weighted by molar-refractivity contribution is 0.102. The molecule has 2 aliphatic rings. The summed E-state index contributed by atoms with van der Waals surface area (Å²) >= 11 is 0. The summed E-state index contributed by atoms with van der Waals surface area (Å²) in [5, 5.41) is 5.96. The largest absolute Gasteiger partial charge is 0.357 e. The first-order valence-electron chi connectivity index (χ1n) is 11.8. The third kappa shape index (κ3) is 4.12. The average molecular weight is 483 g/mol. The monoisotopic (exact) mass is 483 g/mol. The highest BCUT2D eigenvalue weighted by Crippen LogP contribution is 2.36. The normalized spacial score (nSPS) is 14.5. The van der Waals surface area contributed by atoms with E-state index in [-0.39, 0.29) is 5.69 Å². The molecule has 36 heavy (non-hydrogen) atoms. The Balaban J connectivity index is 1.54. The van der Waals surface area contributed by atoms with Crippen molar-refractivity contribution < 1.29 is 9.18 Å². The van der Waals surface area contributed by atoms with Gasteiger partial charge in [-0.25, -0.2) is 9.37 Å². The Bertz CT molecular complexity index is 1440. The predicted molar refractivity (Wildman–Crippen MR) is 145 cm³/mol. The molecule has 1 amide bonds. The average Bonchev–Trinajstić information content (AvgIpc) is 3.36. The van der Waals surface area contributed by atoms with Crippen LogP contribution in [-0.4, -0.2) is 54.7 Å². The van der Waals surface area contributed by atoms with E-state index in [1.54, 1.807) is 13.1 Å². The van der Waals surface area contributed by atoms with E-state index in [0.29, 0.717) is 23.7 Å². The number of pyridine rings is 1. The van der Waals surface area contributed by atoms with Crippen molar-refractivity contribution >= 4 is 54.2 Å². The van der Waals surface area contributed by atoms with Gasteiger partial charge in [0.1, 0.15) is 30.9 Å². The molecule has 0 unspecified atom stereocenters. The number of aliphatic imine (C=N–C) groups is 1. The lowest BCUT2D eigenvalue weighted by Gasteiger charge is -2.29. The number of hydrogen-bond acceptors (Lipinski definition) is 7. The lowest BCUT2D eigenvalue weighted by atomic mass is 9.81. The first kappa shape index (κ1) is 23.7. The number of fused-ring (bicyclic) bond motifs is 3. The van der Waals surface area contributed by atoms with Gasteiger partial charge in [-0.05, 0) is 61.7 Å². The molecule has 1 aromatic carbocycles. The quantitative estimate of drug-likeness (QED) is 0.542. The molecule has 0 aliphatic carbocycles. The highest BCUT2D eigenvalue weighted by molar-refractivity contribution is 6.45. The Hall–Kier alpha value is -4.08. The van der Waals surface area contributed by atoms with E-state index in [9.17, 15) is 9.18 Å². The molecule has 8 nitrogen and oxygen atoms in total. The SMILES string of the molecule is Bc1c(NC(=O)c2cc(C(C)(C)F)ccn2)ccc(C)c1C1=Cc2cnc(NC)nc2N2CCN=C12. The second-order valence-electron chi connectivity index (χ2n) is 9.42. The number of anilines is 3. The van der Waals surface area contributed by atoms with Crippen molar-refractivity contribution in [3.8, 4) is 0 Å². The van der Waals surface area contributed by atoms with Gasteiger partial charge in [0, 0.05) is 42.8 Å². The minimum Gasteiger partial charge on any atom is -0.357 e. The number of nitrogens with one attached hydrogen (secondary N) is 2. The van der Waals surface area contributed by atoms with Gasteiger partial charge in [0.2, 0.25) is 5.95 Å². The van der Waals surface area contributed by atoms with Crippen LogP contribution in [0.1, 0.15) is 46.6 Å². The van der Waals surface area contributed by atoms with Crippen molar-refractivity contribution in [2.75, 3.05) is 35.7 Å². The molecule has 182 valence electrons. The fourth-order valence-corrected chi connectivity index (χ4v) is 4.62. The Morgan fingerprint density at radius 2 is 2.03 bits per heavy atom. The Kier molecular flexibility index (Phi) is 5.82. The fraction of sp³-hybridized carbons (Fsp3) is 0.269. The molecule has 10 heteroatoms. The molecule has 2 aromatic heterocycles. The number of aromatic nitrogens is 3. The minimum atomic E-state index is -1.57. The number of carbonyl (C=O) groups is 1. The number of aryl methyl sites for hydroxylation is 1. The second kappa shape index (κ2) is 8.85. The van der Waals surface area contributed by atoms with Crippen LogP contribution in [0.3, 0.4) is 0 Å². The van der Waals surface area contributed by atoms with Gasteiger partial charge in [-0.1, -0.05) is 11.5 Å². The Morgan fingerprint density at radius 1 is 1.22 bits per heavy atom. The number of alkyl halides is 1. The smallest absolute Gasteiger partial charge is 0.274 e. The van der Waals surface area contributed by atoms with E-state index >= 15 is 0 Å². The third-order valence-electron chi connectivity index (χ3n) is 6.53. The topological polar surface area (TPSA) is 95.4 Å². The van der Waals surface area contributed by atoms with Gasteiger partial charge >= 0.3 is 0 Å². The summed E-state index contributed by atoms with van der Waals surface area (Å²) in [5.41, 5.74) is 4.48. The molecule has 0 bridgehead atoms. The van der Waals surface area contributed by atoms with Crippen LogP contribution >= 0.6 is 0 Å². The molecule has 2 aliphatic heterocycles. The van der Waals surface area contributed by atoms with Gasteiger partial charge in [0.15, 0.2) is 0 Å². The van der Waals surface area contributed by atoms with Crippen LogP contribution in [0.15, 0.2) is 41.7 Å². The molecule has 0 saturated carbocycles. The van der Waals surface area contributed by atoms with Crippen molar-refractivity contribution in [1.82, 2.24) is 15.0 Å². The van der Waals surface area contributed by atoms with Crippen LogP contribution in [-0.2, 0) is 5.67 Å². The summed E-state index contributed by atoms with van der Waals surface area (Å²) in [6.45, 7) is 6.36. The van der Waals surface area contributed by atoms with Gasteiger partial charge < -0.3 is 15.5 Å². The summed E-state index contributed by atoms with van der Waals surface area (Å²) in [4.78, 5) is 33.2. The molecule has 0 fully saturated rings. The molecule has 0 spiro atoms. The molecule has 0 atom stereocenters. The summed E-state index contributed by atoms with van der Waals surface area (Å²) in [5.74, 6) is 1.85. The summed E-state index contributed by atoms with van der Waals surface area (Å²) in [6.07, 6.45) is 5.33. The minimum absolute atomic E-state index is 0.161. The number of benzene rings is 1. The van der Waals surface area contributed by atoms with E-state index in [1.165, 1.54) is 26.1 Å². The maximum atomic E-state index is 14.4. The third-order valence-corrected chi connectivity index (χ3v) is 6.53. The number of rotatable bonds is 5. The van der Waals surface area contributed by atoms with E-state index in [0.717, 1.165) is 45.9 Å². The molecule has 5 rings (SSSR count). The molecule has 3 aromatic rings. The van der Waals surface area contributed by atoms with Crippen LogP contribution in [0.25, 0.3) is 11.6 Å². The summed E-state index contributed by atoms with van der Waals surface area (Å²) in [7, 11) is 3.77.